The highest BCUT2D eigenvalue weighted by Gasteiger charge is 2.11. The first-order chi connectivity index (χ1) is 8.58. The predicted molar refractivity (Wildman–Crippen MR) is 76.5 cm³/mol. The Kier molecular flexibility index (Phi) is 6.33. The number of nitrogens with two attached hydrogens (primary N) is 1. The molecular formula is C15H26N2O. The molecule has 0 aromatic heterocycles. The van der Waals surface area contributed by atoms with E-state index < -0.39 is 0 Å². The van der Waals surface area contributed by atoms with Crippen molar-refractivity contribution in [3.63, 3.8) is 0 Å². The average Bonchev–Trinajstić information content (AvgIpc) is 2.35. The van der Waals surface area contributed by atoms with Gasteiger partial charge in [0.2, 0.25) is 0 Å². The van der Waals surface area contributed by atoms with Gasteiger partial charge in [-0.1, -0.05) is 18.2 Å². The Bertz CT molecular complexity index is 364. The van der Waals surface area contributed by atoms with Gasteiger partial charge in [0.05, 0.1) is 6.61 Å². The van der Waals surface area contributed by atoms with Crippen molar-refractivity contribution < 1.29 is 4.74 Å². The first kappa shape index (κ1) is 15.2. The zero-order valence-electron chi connectivity index (χ0n) is 12.1. The first-order valence-corrected chi connectivity index (χ1v) is 6.60. The molecule has 3 nitrogen and oxygen atoms in total. The quantitative estimate of drug-likeness (QED) is 0.807. The van der Waals surface area contributed by atoms with Crippen molar-refractivity contribution >= 4 is 0 Å². The Morgan fingerprint density at radius 3 is 2.56 bits per heavy atom. The lowest BCUT2D eigenvalue weighted by molar-refractivity contribution is 0.125. The van der Waals surface area contributed by atoms with Crippen LogP contribution in [0.5, 0.6) is 0 Å². The molecule has 0 bridgehead atoms. The zero-order valence-corrected chi connectivity index (χ0v) is 12.1. The van der Waals surface area contributed by atoms with Gasteiger partial charge in [0.1, 0.15) is 0 Å². The van der Waals surface area contributed by atoms with Crippen molar-refractivity contribution in [2.45, 2.75) is 39.9 Å². The summed E-state index contributed by atoms with van der Waals surface area (Å²) in [6, 6.07) is 7.02. The maximum atomic E-state index is 5.66. The van der Waals surface area contributed by atoms with Gasteiger partial charge < -0.3 is 10.5 Å². The van der Waals surface area contributed by atoms with Gasteiger partial charge in [0.25, 0.3) is 0 Å². The Morgan fingerprint density at radius 1 is 1.33 bits per heavy atom. The van der Waals surface area contributed by atoms with Crippen LogP contribution in [0, 0.1) is 6.92 Å². The van der Waals surface area contributed by atoms with Crippen LogP contribution in [-0.2, 0) is 17.8 Å². The fourth-order valence-corrected chi connectivity index (χ4v) is 2.01. The van der Waals surface area contributed by atoms with E-state index in [9.17, 15) is 0 Å². The molecular weight excluding hydrogens is 224 g/mol. The second-order valence-corrected chi connectivity index (χ2v) is 5.02. The van der Waals surface area contributed by atoms with Crippen LogP contribution >= 0.6 is 0 Å². The van der Waals surface area contributed by atoms with E-state index in [2.05, 4.69) is 43.9 Å². The summed E-state index contributed by atoms with van der Waals surface area (Å²) in [5.74, 6) is 0. The average molecular weight is 250 g/mol. The Balaban J connectivity index is 2.74. The zero-order chi connectivity index (χ0) is 13.5. The van der Waals surface area contributed by atoms with Gasteiger partial charge in [-0.3, -0.25) is 4.90 Å². The number of benzene rings is 1. The molecule has 0 aliphatic carbocycles. The SMILES string of the molecule is COCCN(Cc1ccc(CN)cc1C)C(C)C. The van der Waals surface area contributed by atoms with E-state index in [1.54, 1.807) is 7.11 Å². The Morgan fingerprint density at radius 2 is 2.06 bits per heavy atom. The fourth-order valence-electron chi connectivity index (χ4n) is 2.01. The van der Waals surface area contributed by atoms with Crippen molar-refractivity contribution in [2.24, 2.45) is 5.73 Å². The van der Waals surface area contributed by atoms with Crippen molar-refractivity contribution in [3.05, 3.63) is 34.9 Å². The molecule has 0 fully saturated rings. The number of aryl methyl sites for hydroxylation is 1. The molecule has 0 saturated heterocycles. The normalized spacial score (nSPS) is 11.5. The summed E-state index contributed by atoms with van der Waals surface area (Å²) >= 11 is 0. The molecule has 0 heterocycles. The number of rotatable bonds is 7. The van der Waals surface area contributed by atoms with Crippen molar-refractivity contribution in [3.8, 4) is 0 Å². The topological polar surface area (TPSA) is 38.5 Å². The van der Waals surface area contributed by atoms with E-state index in [0.29, 0.717) is 12.6 Å². The molecule has 0 atom stereocenters. The van der Waals surface area contributed by atoms with E-state index in [1.807, 2.05) is 0 Å². The summed E-state index contributed by atoms with van der Waals surface area (Å²) in [7, 11) is 1.75. The third-order valence-corrected chi connectivity index (χ3v) is 3.33. The highest BCUT2D eigenvalue weighted by molar-refractivity contribution is 5.31. The van der Waals surface area contributed by atoms with Crippen LogP contribution in [-0.4, -0.2) is 31.2 Å². The summed E-state index contributed by atoms with van der Waals surface area (Å²) in [5.41, 5.74) is 9.55. The lowest BCUT2D eigenvalue weighted by atomic mass is 10.0. The molecule has 0 aliphatic heterocycles. The maximum absolute atomic E-state index is 5.66. The smallest absolute Gasteiger partial charge is 0.0589 e. The van der Waals surface area contributed by atoms with Crippen LogP contribution in [0.2, 0.25) is 0 Å². The van der Waals surface area contributed by atoms with Crippen LogP contribution < -0.4 is 5.73 Å². The summed E-state index contributed by atoms with van der Waals surface area (Å²) < 4.78 is 5.17. The fraction of sp³-hybridized carbons (Fsp3) is 0.600. The van der Waals surface area contributed by atoms with Crippen molar-refractivity contribution in [2.75, 3.05) is 20.3 Å². The summed E-state index contributed by atoms with van der Waals surface area (Å²) in [5, 5.41) is 0. The minimum atomic E-state index is 0.522. The molecule has 18 heavy (non-hydrogen) atoms. The molecule has 0 radical (unpaired) electrons. The lowest BCUT2D eigenvalue weighted by Crippen LogP contribution is -2.33. The number of hydrogen-bond donors (Lipinski definition) is 1. The van der Waals surface area contributed by atoms with Gasteiger partial charge in [-0.05, 0) is 37.5 Å². The molecule has 0 unspecified atom stereocenters. The molecule has 0 aliphatic rings. The van der Waals surface area contributed by atoms with E-state index in [1.165, 1.54) is 16.7 Å². The van der Waals surface area contributed by atoms with Crippen LogP contribution in [0.3, 0.4) is 0 Å². The largest absolute Gasteiger partial charge is 0.383 e. The highest BCUT2D eigenvalue weighted by Crippen LogP contribution is 2.14. The summed E-state index contributed by atoms with van der Waals surface area (Å²) in [4.78, 5) is 2.42. The molecule has 1 aromatic rings. The van der Waals surface area contributed by atoms with Crippen LogP contribution in [0.4, 0.5) is 0 Å². The third kappa shape index (κ3) is 4.41. The van der Waals surface area contributed by atoms with Crippen molar-refractivity contribution in [1.82, 2.24) is 4.90 Å². The molecule has 102 valence electrons. The second kappa shape index (κ2) is 7.52. The highest BCUT2D eigenvalue weighted by atomic mass is 16.5. The Labute approximate surface area is 111 Å². The summed E-state index contributed by atoms with van der Waals surface area (Å²) in [6.07, 6.45) is 0. The first-order valence-electron chi connectivity index (χ1n) is 6.60. The van der Waals surface area contributed by atoms with E-state index in [-0.39, 0.29) is 0 Å². The molecule has 3 heteroatoms. The number of methoxy groups -OCH3 is 1. The minimum Gasteiger partial charge on any atom is -0.383 e. The van der Waals surface area contributed by atoms with Crippen LogP contribution in [0.1, 0.15) is 30.5 Å². The lowest BCUT2D eigenvalue weighted by Gasteiger charge is -2.27. The maximum Gasteiger partial charge on any atom is 0.0589 e. The van der Waals surface area contributed by atoms with Gasteiger partial charge in [-0.15, -0.1) is 0 Å². The van der Waals surface area contributed by atoms with Gasteiger partial charge in [-0.25, -0.2) is 0 Å². The second-order valence-electron chi connectivity index (χ2n) is 5.02. The number of hydrogen-bond acceptors (Lipinski definition) is 3. The minimum absolute atomic E-state index is 0.522. The molecule has 0 amide bonds. The number of ether oxygens (including phenoxy) is 1. The van der Waals surface area contributed by atoms with Gasteiger partial charge >= 0.3 is 0 Å². The molecule has 0 saturated carbocycles. The van der Waals surface area contributed by atoms with Crippen LogP contribution in [0.25, 0.3) is 0 Å². The standard InChI is InChI=1S/C15H26N2O/c1-12(2)17(7-8-18-4)11-15-6-5-14(10-16)9-13(15)3/h5-6,9,12H,7-8,10-11,16H2,1-4H3. The molecule has 2 N–H and O–H groups in total. The predicted octanol–water partition coefficient (Wildman–Crippen LogP) is 2.31. The van der Waals surface area contributed by atoms with Gasteiger partial charge in [0, 0.05) is 32.8 Å². The van der Waals surface area contributed by atoms with Crippen molar-refractivity contribution in [1.29, 1.82) is 0 Å². The summed E-state index contributed by atoms with van der Waals surface area (Å²) in [6.45, 7) is 9.92. The monoisotopic (exact) mass is 250 g/mol. The van der Waals surface area contributed by atoms with E-state index in [4.69, 9.17) is 10.5 Å². The number of nitrogens with zero attached hydrogens (tertiary/aromatic N) is 1. The molecule has 0 spiro atoms. The van der Waals surface area contributed by atoms with E-state index >= 15 is 0 Å². The van der Waals surface area contributed by atoms with E-state index in [0.717, 1.165) is 19.7 Å². The Hall–Kier alpha value is -0.900. The van der Waals surface area contributed by atoms with Gasteiger partial charge in [-0.2, -0.15) is 0 Å². The van der Waals surface area contributed by atoms with Gasteiger partial charge in [0.15, 0.2) is 0 Å². The third-order valence-electron chi connectivity index (χ3n) is 3.33. The molecule has 1 aromatic carbocycles. The van der Waals surface area contributed by atoms with Crippen LogP contribution in [0.15, 0.2) is 18.2 Å². The molecule has 1 rings (SSSR count).